The van der Waals surface area contributed by atoms with E-state index in [9.17, 15) is 0 Å². The molecule has 41 heavy (non-hydrogen) atoms. The van der Waals surface area contributed by atoms with Crippen molar-refractivity contribution < 1.29 is 28.4 Å². The number of aryl methyl sites for hydroxylation is 1. The molecule has 0 saturated carbocycles. The molecule has 0 saturated heterocycles. The second-order valence-electron chi connectivity index (χ2n) is 10.00. The van der Waals surface area contributed by atoms with Gasteiger partial charge in [-0.25, -0.2) is 0 Å². The fourth-order valence-corrected chi connectivity index (χ4v) is 5.31. The van der Waals surface area contributed by atoms with Gasteiger partial charge in [-0.1, -0.05) is 25.1 Å². The molecule has 1 heterocycles. The van der Waals surface area contributed by atoms with Gasteiger partial charge in [-0.2, -0.15) is 0 Å². The molecule has 0 amide bonds. The van der Waals surface area contributed by atoms with Crippen LogP contribution in [0.5, 0.6) is 34.5 Å². The fourth-order valence-electron chi connectivity index (χ4n) is 5.31. The summed E-state index contributed by atoms with van der Waals surface area (Å²) in [6.07, 6.45) is 0.967. The highest BCUT2D eigenvalue weighted by molar-refractivity contribution is 5.86. The number of fused-ring (bicyclic) bond motifs is 3. The summed E-state index contributed by atoms with van der Waals surface area (Å²) in [4.78, 5) is 2.32. The smallest absolute Gasteiger partial charge is 0.162 e. The zero-order valence-corrected chi connectivity index (χ0v) is 24.6. The lowest BCUT2D eigenvalue weighted by atomic mass is 9.90. The summed E-state index contributed by atoms with van der Waals surface area (Å²) in [7, 11) is 8.70. The summed E-state index contributed by atoms with van der Waals surface area (Å²) in [5.74, 6) is 4.17. The molecule has 0 aliphatic carbocycles. The number of hydrogen-bond donors (Lipinski definition) is 0. The van der Waals surface area contributed by atoms with E-state index in [0.717, 1.165) is 29.7 Å². The van der Waals surface area contributed by atoms with Crippen LogP contribution in [0.4, 0.5) is 5.69 Å². The second-order valence-corrected chi connectivity index (χ2v) is 10.00. The number of anilines is 1. The van der Waals surface area contributed by atoms with Gasteiger partial charge in [0.05, 0.1) is 28.4 Å². The summed E-state index contributed by atoms with van der Waals surface area (Å²) in [5, 5.41) is 0. The predicted molar refractivity (Wildman–Crippen MR) is 161 cm³/mol. The van der Waals surface area contributed by atoms with Crippen molar-refractivity contribution >= 4 is 5.69 Å². The first-order valence-corrected chi connectivity index (χ1v) is 13.7. The van der Waals surface area contributed by atoms with Gasteiger partial charge < -0.3 is 33.3 Å². The van der Waals surface area contributed by atoms with Crippen LogP contribution in [0, 0.1) is 0 Å². The van der Waals surface area contributed by atoms with Crippen molar-refractivity contribution in [1.29, 1.82) is 0 Å². The van der Waals surface area contributed by atoms with Crippen LogP contribution in [0.25, 0.3) is 11.1 Å². The molecule has 1 aliphatic heterocycles. The molecule has 0 radical (unpaired) electrons. The standard InChI is InChI=1S/C34H37NO6/c1-7-24-9-8-10-30-31-18-33(41-21-23-13-28(38-5)17-29(14-23)39-6)32(15-25(31)19-35(2)34(24)30)40-20-22-11-26(36-3)16-27(12-22)37-4/h8-18H,7,19-21H2,1-6H3. The van der Waals surface area contributed by atoms with E-state index in [4.69, 9.17) is 28.4 Å². The maximum atomic E-state index is 6.47. The molecule has 4 aromatic rings. The van der Waals surface area contributed by atoms with Crippen molar-refractivity contribution in [2.45, 2.75) is 33.1 Å². The molecule has 7 nitrogen and oxygen atoms in total. The van der Waals surface area contributed by atoms with Crippen LogP contribution in [-0.2, 0) is 26.2 Å². The Hall–Kier alpha value is -4.52. The van der Waals surface area contributed by atoms with Crippen LogP contribution < -0.4 is 33.3 Å². The zero-order chi connectivity index (χ0) is 28.9. The molecule has 0 unspecified atom stereocenters. The Labute approximate surface area is 242 Å². The van der Waals surface area contributed by atoms with Crippen molar-refractivity contribution in [1.82, 2.24) is 0 Å². The first-order chi connectivity index (χ1) is 20.0. The average molecular weight is 556 g/mol. The highest BCUT2D eigenvalue weighted by Crippen LogP contribution is 2.45. The minimum Gasteiger partial charge on any atom is -0.497 e. The van der Waals surface area contributed by atoms with Crippen LogP contribution in [0.3, 0.4) is 0 Å². The molecular weight excluding hydrogens is 518 g/mol. The molecule has 214 valence electrons. The van der Waals surface area contributed by atoms with Gasteiger partial charge in [0.1, 0.15) is 36.2 Å². The van der Waals surface area contributed by atoms with Crippen molar-refractivity contribution in [2.75, 3.05) is 40.4 Å². The number of ether oxygens (including phenoxy) is 6. The van der Waals surface area contributed by atoms with E-state index < -0.39 is 0 Å². The number of para-hydroxylation sites is 1. The number of methoxy groups -OCH3 is 4. The lowest BCUT2D eigenvalue weighted by Crippen LogP contribution is -2.23. The van der Waals surface area contributed by atoms with E-state index >= 15 is 0 Å². The molecule has 7 heteroatoms. The minimum atomic E-state index is 0.317. The monoisotopic (exact) mass is 555 g/mol. The highest BCUT2D eigenvalue weighted by Gasteiger charge is 2.24. The van der Waals surface area contributed by atoms with Gasteiger partial charge in [-0.3, -0.25) is 0 Å². The molecule has 5 rings (SSSR count). The van der Waals surface area contributed by atoms with Gasteiger partial charge in [0.2, 0.25) is 0 Å². The van der Waals surface area contributed by atoms with Crippen molar-refractivity contribution in [3.05, 3.63) is 89.0 Å². The van der Waals surface area contributed by atoms with E-state index in [0.29, 0.717) is 47.7 Å². The van der Waals surface area contributed by atoms with E-state index in [2.05, 4.69) is 49.2 Å². The summed E-state index contributed by atoms with van der Waals surface area (Å²) < 4.78 is 34.7. The molecule has 0 aromatic heterocycles. The van der Waals surface area contributed by atoms with Crippen molar-refractivity contribution in [3.8, 4) is 45.6 Å². The number of rotatable bonds is 11. The number of benzene rings is 4. The van der Waals surface area contributed by atoms with Crippen molar-refractivity contribution in [2.24, 2.45) is 0 Å². The zero-order valence-electron chi connectivity index (χ0n) is 24.6. The minimum absolute atomic E-state index is 0.317. The molecule has 0 N–H and O–H groups in total. The molecule has 0 atom stereocenters. The molecular formula is C34H37NO6. The predicted octanol–water partition coefficient (Wildman–Crippen LogP) is 7.06. The summed E-state index contributed by atoms with van der Waals surface area (Å²) in [6.45, 7) is 3.61. The van der Waals surface area contributed by atoms with Crippen molar-refractivity contribution in [3.63, 3.8) is 0 Å². The van der Waals surface area contributed by atoms with E-state index in [1.54, 1.807) is 28.4 Å². The third kappa shape index (κ3) is 5.99. The first-order valence-electron chi connectivity index (χ1n) is 13.7. The largest absolute Gasteiger partial charge is 0.497 e. The van der Waals surface area contributed by atoms with Gasteiger partial charge in [-0.05, 0) is 70.6 Å². The summed E-state index contributed by atoms with van der Waals surface area (Å²) in [5.41, 5.74) is 7.99. The Morgan fingerprint density at radius 2 is 1.15 bits per heavy atom. The first kappa shape index (κ1) is 28.0. The highest BCUT2D eigenvalue weighted by atomic mass is 16.5. The second kappa shape index (κ2) is 12.3. The van der Waals surface area contributed by atoms with Gasteiger partial charge in [-0.15, -0.1) is 0 Å². The Morgan fingerprint density at radius 1 is 0.634 bits per heavy atom. The molecule has 0 bridgehead atoms. The van der Waals surface area contributed by atoms with Gasteiger partial charge in [0, 0.05) is 37.0 Å². The normalized spacial score (nSPS) is 11.8. The topological polar surface area (TPSA) is 58.6 Å². The third-order valence-corrected chi connectivity index (χ3v) is 7.36. The summed E-state index contributed by atoms with van der Waals surface area (Å²) in [6, 6.07) is 22.2. The number of nitrogens with zero attached hydrogens (tertiary/aromatic N) is 1. The van der Waals surface area contributed by atoms with E-state index in [1.165, 1.54) is 22.4 Å². The van der Waals surface area contributed by atoms with Crippen LogP contribution in [-0.4, -0.2) is 35.5 Å². The quantitative estimate of drug-likeness (QED) is 0.196. The van der Waals surface area contributed by atoms with Crippen LogP contribution in [0.2, 0.25) is 0 Å². The number of hydrogen-bond acceptors (Lipinski definition) is 7. The van der Waals surface area contributed by atoms with Gasteiger partial charge in [0.15, 0.2) is 11.5 Å². The van der Waals surface area contributed by atoms with E-state index in [1.807, 2.05) is 36.4 Å². The van der Waals surface area contributed by atoms with Gasteiger partial charge >= 0.3 is 0 Å². The molecule has 0 fully saturated rings. The maximum Gasteiger partial charge on any atom is 0.162 e. The van der Waals surface area contributed by atoms with Crippen LogP contribution >= 0.6 is 0 Å². The van der Waals surface area contributed by atoms with Crippen LogP contribution in [0.15, 0.2) is 66.7 Å². The summed E-state index contributed by atoms with van der Waals surface area (Å²) >= 11 is 0. The Morgan fingerprint density at radius 3 is 1.63 bits per heavy atom. The van der Waals surface area contributed by atoms with Crippen LogP contribution in [0.1, 0.15) is 29.2 Å². The lowest BCUT2D eigenvalue weighted by Gasteiger charge is -2.32. The third-order valence-electron chi connectivity index (χ3n) is 7.36. The van der Waals surface area contributed by atoms with Gasteiger partial charge in [0.25, 0.3) is 0 Å². The maximum absolute atomic E-state index is 6.47. The molecule has 0 spiro atoms. The van der Waals surface area contributed by atoms with E-state index in [-0.39, 0.29) is 0 Å². The Balaban J connectivity index is 1.53. The molecule has 4 aromatic carbocycles. The SMILES string of the molecule is CCc1cccc2c1N(C)Cc1cc(OCc3cc(OC)cc(OC)c3)c(OCc3cc(OC)cc(OC)c3)cc1-2. The fraction of sp³-hybridized carbons (Fsp3) is 0.294. The Bertz CT molecular complexity index is 1490. The average Bonchev–Trinajstić information content (AvgIpc) is 3.01. The molecule has 1 aliphatic rings. The Kier molecular flexibility index (Phi) is 8.43. The lowest BCUT2D eigenvalue weighted by molar-refractivity contribution is 0.254.